The van der Waals surface area contributed by atoms with E-state index in [1.165, 1.54) is 12.1 Å². The van der Waals surface area contributed by atoms with Gasteiger partial charge in [-0.3, -0.25) is 4.79 Å². The van der Waals surface area contributed by atoms with Crippen LogP contribution in [0.4, 0.5) is 8.78 Å². The van der Waals surface area contributed by atoms with Gasteiger partial charge >= 0.3 is 0 Å². The molecule has 2 rings (SSSR count). The van der Waals surface area contributed by atoms with E-state index in [1.54, 1.807) is 18.2 Å². The summed E-state index contributed by atoms with van der Waals surface area (Å²) in [7, 11) is -3.51. The molecule has 0 bridgehead atoms. The van der Waals surface area contributed by atoms with E-state index in [9.17, 15) is 22.0 Å². The van der Waals surface area contributed by atoms with Crippen molar-refractivity contribution in [1.29, 1.82) is 0 Å². The van der Waals surface area contributed by atoms with Crippen molar-refractivity contribution in [2.24, 2.45) is 0 Å². The Morgan fingerprint density at radius 3 is 2.52 bits per heavy atom. The number of hydrogen-bond donors (Lipinski definition) is 1. The van der Waals surface area contributed by atoms with Gasteiger partial charge in [0.25, 0.3) is 0 Å². The smallest absolute Gasteiger partial charge is 0.221 e. The highest BCUT2D eigenvalue weighted by molar-refractivity contribution is 7.91. The Kier molecular flexibility index (Phi) is 7.32. The second-order valence-corrected chi connectivity index (χ2v) is 7.48. The minimum absolute atomic E-state index is 0.000518. The topological polar surface area (TPSA) is 72.5 Å². The Morgan fingerprint density at radius 2 is 1.81 bits per heavy atom. The standard InChI is InChI=1S/C19H17F2NO4S/c20-15-8-9-18(17(21)14-15)26-12-5-4-11-22-19(23)10-13-27(24,25)16-6-2-1-3-7-16/h1-3,6-9,14H,10-13H2,(H,22,23). The number of rotatable bonds is 7. The molecule has 0 aromatic heterocycles. The number of amides is 1. The number of halogens is 2. The molecule has 0 radical (unpaired) electrons. The summed E-state index contributed by atoms with van der Waals surface area (Å²) >= 11 is 0. The Hall–Kier alpha value is -2.92. The maximum Gasteiger partial charge on any atom is 0.221 e. The molecule has 0 heterocycles. The van der Waals surface area contributed by atoms with Gasteiger partial charge in [-0.1, -0.05) is 30.0 Å². The van der Waals surface area contributed by atoms with Crippen LogP contribution in [-0.2, 0) is 14.6 Å². The molecule has 0 aliphatic carbocycles. The average molecular weight is 393 g/mol. The first-order chi connectivity index (χ1) is 12.9. The van der Waals surface area contributed by atoms with Gasteiger partial charge in [0, 0.05) is 12.5 Å². The first-order valence-corrected chi connectivity index (χ1v) is 9.62. The summed E-state index contributed by atoms with van der Waals surface area (Å²) in [6, 6.07) is 10.8. The Morgan fingerprint density at radius 1 is 1.07 bits per heavy atom. The molecule has 0 spiro atoms. The molecule has 1 amide bonds. The van der Waals surface area contributed by atoms with Crippen LogP contribution in [0.3, 0.4) is 0 Å². The number of nitrogens with one attached hydrogen (secondary N) is 1. The van der Waals surface area contributed by atoms with Crippen LogP contribution in [0.1, 0.15) is 6.42 Å². The van der Waals surface area contributed by atoms with E-state index in [2.05, 4.69) is 17.2 Å². The van der Waals surface area contributed by atoms with E-state index in [0.29, 0.717) is 6.07 Å². The maximum absolute atomic E-state index is 13.3. The van der Waals surface area contributed by atoms with Gasteiger partial charge in [-0.05, 0) is 24.3 Å². The molecular weight excluding hydrogens is 376 g/mol. The Bertz CT molecular complexity index is 951. The highest BCUT2D eigenvalue weighted by Crippen LogP contribution is 2.17. The molecule has 2 aromatic carbocycles. The minimum atomic E-state index is -3.51. The zero-order valence-corrected chi connectivity index (χ0v) is 15.1. The summed E-state index contributed by atoms with van der Waals surface area (Å²) in [5.74, 6) is 2.75. The third-order valence-electron chi connectivity index (χ3n) is 3.39. The summed E-state index contributed by atoms with van der Waals surface area (Å²) in [5.41, 5.74) is 0. The lowest BCUT2D eigenvalue weighted by Crippen LogP contribution is -2.26. The van der Waals surface area contributed by atoms with Crippen molar-refractivity contribution in [3.05, 3.63) is 60.2 Å². The number of sulfone groups is 1. The fourth-order valence-electron chi connectivity index (χ4n) is 2.02. The molecular formula is C19H17F2NO4S. The van der Waals surface area contributed by atoms with E-state index < -0.39 is 27.4 Å². The van der Waals surface area contributed by atoms with Crippen LogP contribution in [0.2, 0.25) is 0 Å². The number of carbonyl (C=O) groups is 1. The van der Waals surface area contributed by atoms with E-state index >= 15 is 0 Å². The first kappa shape index (κ1) is 20.4. The molecule has 27 heavy (non-hydrogen) atoms. The van der Waals surface area contributed by atoms with Crippen molar-refractivity contribution in [3.8, 4) is 17.6 Å². The number of carbonyl (C=O) groups excluding carboxylic acids is 1. The monoisotopic (exact) mass is 393 g/mol. The van der Waals surface area contributed by atoms with Crippen LogP contribution in [0.5, 0.6) is 5.75 Å². The summed E-state index contributed by atoms with van der Waals surface area (Å²) in [4.78, 5) is 11.9. The zero-order chi connectivity index (χ0) is 19.7. The second kappa shape index (κ2) is 9.69. The largest absolute Gasteiger partial charge is 0.478 e. The molecule has 0 saturated heterocycles. The third-order valence-corrected chi connectivity index (χ3v) is 5.12. The average Bonchev–Trinajstić information content (AvgIpc) is 2.65. The highest BCUT2D eigenvalue weighted by Gasteiger charge is 2.15. The zero-order valence-electron chi connectivity index (χ0n) is 14.2. The van der Waals surface area contributed by atoms with Gasteiger partial charge in [0.15, 0.2) is 21.4 Å². The van der Waals surface area contributed by atoms with Crippen LogP contribution in [-0.4, -0.2) is 33.2 Å². The number of hydrogen-bond acceptors (Lipinski definition) is 4. The minimum Gasteiger partial charge on any atom is -0.478 e. The van der Waals surface area contributed by atoms with E-state index in [0.717, 1.165) is 12.1 Å². The van der Waals surface area contributed by atoms with E-state index in [-0.39, 0.29) is 36.0 Å². The van der Waals surface area contributed by atoms with Crippen LogP contribution in [0.25, 0.3) is 0 Å². The van der Waals surface area contributed by atoms with E-state index in [4.69, 9.17) is 4.74 Å². The molecule has 0 fully saturated rings. The second-order valence-electron chi connectivity index (χ2n) is 5.38. The molecule has 2 aromatic rings. The first-order valence-electron chi connectivity index (χ1n) is 7.96. The van der Waals surface area contributed by atoms with Crippen molar-refractivity contribution in [2.45, 2.75) is 11.3 Å². The van der Waals surface area contributed by atoms with Gasteiger partial charge in [-0.25, -0.2) is 17.2 Å². The quantitative estimate of drug-likeness (QED) is 0.733. The molecule has 0 aliphatic heterocycles. The highest BCUT2D eigenvalue weighted by atomic mass is 32.2. The summed E-state index contributed by atoms with van der Waals surface area (Å²) in [6.07, 6.45) is -0.184. The van der Waals surface area contributed by atoms with Crippen molar-refractivity contribution in [2.75, 3.05) is 18.9 Å². The molecule has 0 aliphatic rings. The van der Waals surface area contributed by atoms with Gasteiger partial charge in [-0.2, -0.15) is 0 Å². The predicted molar refractivity (Wildman–Crippen MR) is 95.8 cm³/mol. The fourth-order valence-corrected chi connectivity index (χ4v) is 3.29. The Labute approximate surface area is 156 Å². The lowest BCUT2D eigenvalue weighted by molar-refractivity contribution is -0.120. The van der Waals surface area contributed by atoms with Crippen molar-refractivity contribution >= 4 is 15.7 Å². The van der Waals surface area contributed by atoms with Crippen molar-refractivity contribution in [3.63, 3.8) is 0 Å². The number of ether oxygens (including phenoxy) is 1. The molecule has 0 atom stereocenters. The Balaban J connectivity index is 1.70. The predicted octanol–water partition coefficient (Wildman–Crippen LogP) is 2.33. The van der Waals surface area contributed by atoms with Crippen LogP contribution < -0.4 is 10.1 Å². The molecule has 142 valence electrons. The van der Waals surface area contributed by atoms with Gasteiger partial charge in [0.05, 0.1) is 17.2 Å². The van der Waals surface area contributed by atoms with Crippen LogP contribution >= 0.6 is 0 Å². The molecule has 8 heteroatoms. The SMILES string of the molecule is O=C(CCS(=O)(=O)c1ccccc1)NCC#CCOc1ccc(F)cc1F. The molecule has 0 saturated carbocycles. The van der Waals surface area contributed by atoms with Crippen molar-refractivity contribution < 1.29 is 26.7 Å². The number of benzene rings is 2. The van der Waals surface area contributed by atoms with Crippen LogP contribution in [0.15, 0.2) is 53.4 Å². The summed E-state index contributed by atoms with van der Waals surface area (Å²) in [6.45, 7) is -0.139. The third kappa shape index (κ3) is 6.72. The molecule has 5 nitrogen and oxygen atoms in total. The molecule has 1 N–H and O–H groups in total. The maximum atomic E-state index is 13.3. The summed E-state index contributed by atoms with van der Waals surface area (Å²) < 4.78 is 55.2. The van der Waals surface area contributed by atoms with Crippen LogP contribution in [0, 0.1) is 23.5 Å². The lowest BCUT2D eigenvalue weighted by atomic mass is 10.3. The fraction of sp³-hybridized carbons (Fsp3) is 0.211. The lowest BCUT2D eigenvalue weighted by Gasteiger charge is -2.04. The van der Waals surface area contributed by atoms with Gasteiger partial charge < -0.3 is 10.1 Å². The van der Waals surface area contributed by atoms with Crippen molar-refractivity contribution in [1.82, 2.24) is 5.32 Å². The van der Waals surface area contributed by atoms with Gasteiger partial charge in [-0.15, -0.1) is 0 Å². The molecule has 0 unspecified atom stereocenters. The van der Waals surface area contributed by atoms with Gasteiger partial charge in [0.2, 0.25) is 5.91 Å². The summed E-state index contributed by atoms with van der Waals surface area (Å²) in [5, 5.41) is 2.47. The normalized spacial score (nSPS) is 10.6. The van der Waals surface area contributed by atoms with Gasteiger partial charge in [0.1, 0.15) is 12.4 Å². The van der Waals surface area contributed by atoms with E-state index in [1.807, 2.05) is 0 Å².